The van der Waals surface area contributed by atoms with Crippen LogP contribution in [0.25, 0.3) is 11.3 Å². The maximum atomic E-state index is 12.5. The maximum absolute atomic E-state index is 12.5. The molecule has 2 heterocycles. The fraction of sp³-hybridized carbons (Fsp3) is 0.478. The summed E-state index contributed by atoms with van der Waals surface area (Å²) < 4.78 is 17.0. The van der Waals surface area contributed by atoms with Crippen molar-refractivity contribution in [2.45, 2.75) is 69.3 Å². The molecule has 0 aliphatic heterocycles. The van der Waals surface area contributed by atoms with Crippen molar-refractivity contribution >= 4 is 17.7 Å². The highest BCUT2D eigenvalue weighted by Gasteiger charge is 2.35. The minimum Gasteiger partial charge on any atom is -0.422 e. The Kier molecular flexibility index (Phi) is 6.66. The molecule has 0 saturated heterocycles. The Morgan fingerprint density at radius 3 is 2.72 bits per heavy atom. The van der Waals surface area contributed by atoms with Crippen LogP contribution in [-0.2, 0) is 11.3 Å². The molecule has 0 radical (unpaired) electrons. The van der Waals surface area contributed by atoms with Crippen molar-refractivity contribution in [3.8, 4) is 11.3 Å². The Hall–Kier alpha value is -2.65. The number of rotatable bonds is 8. The molecule has 1 saturated carbocycles. The Bertz CT molecular complexity index is 1040. The van der Waals surface area contributed by atoms with Crippen LogP contribution in [0.1, 0.15) is 68.7 Å². The van der Waals surface area contributed by atoms with Crippen molar-refractivity contribution < 1.29 is 18.5 Å². The van der Waals surface area contributed by atoms with Crippen LogP contribution >= 0.6 is 11.8 Å². The lowest BCUT2D eigenvalue weighted by molar-refractivity contribution is 0.0870. The molecule has 2 aromatic heterocycles. The fourth-order valence-electron chi connectivity index (χ4n) is 3.53. The number of aromatic nitrogens is 3. The number of nitrogens with zero attached hydrogens (tertiary/aromatic N) is 3. The first-order valence-corrected chi connectivity index (χ1v) is 11.6. The molecule has 32 heavy (non-hydrogen) atoms. The number of benzene rings is 1. The molecule has 3 aromatic rings. The lowest BCUT2D eigenvalue weighted by Gasteiger charge is -2.33. The van der Waals surface area contributed by atoms with Crippen molar-refractivity contribution in [1.29, 1.82) is 0 Å². The van der Waals surface area contributed by atoms with E-state index in [1.807, 2.05) is 37.3 Å². The van der Waals surface area contributed by atoms with Gasteiger partial charge in [0.15, 0.2) is 11.5 Å². The van der Waals surface area contributed by atoms with E-state index >= 15 is 0 Å². The molecular weight excluding hydrogens is 428 g/mol. The summed E-state index contributed by atoms with van der Waals surface area (Å²) in [5, 5.41) is 15.1. The molecule has 1 N–H and O–H groups in total. The molecule has 1 atom stereocenters. The molecule has 1 aliphatic rings. The standard InChI is InChI=1S/C23H28N4O4S/c1-14(32-23(2,3)4)29-13-20-25-26-22(30-20)16-10-17(11-16)24-21(28)18-12-19(31-27-18)15-8-6-5-7-9-15/h5-9,12,14,16-17H,10-11,13H2,1-4H3,(H,24,28). The summed E-state index contributed by atoms with van der Waals surface area (Å²) in [4.78, 5) is 12.5. The Morgan fingerprint density at radius 1 is 1.25 bits per heavy atom. The van der Waals surface area contributed by atoms with Crippen molar-refractivity contribution in [2.24, 2.45) is 0 Å². The summed E-state index contributed by atoms with van der Waals surface area (Å²) in [5.74, 6) is 1.53. The first-order valence-electron chi connectivity index (χ1n) is 10.7. The molecule has 1 aromatic carbocycles. The van der Waals surface area contributed by atoms with Crippen LogP contribution in [0, 0.1) is 0 Å². The SMILES string of the molecule is CC(OCc1nnc(C2CC(NC(=O)c3cc(-c4ccccc4)on3)C2)o1)SC(C)(C)C. The molecular formula is C23H28N4O4S. The van der Waals surface area contributed by atoms with E-state index in [0.29, 0.717) is 24.1 Å². The third kappa shape index (κ3) is 5.77. The van der Waals surface area contributed by atoms with Gasteiger partial charge in [0.2, 0.25) is 11.8 Å². The largest absolute Gasteiger partial charge is 0.422 e. The third-order valence-electron chi connectivity index (χ3n) is 5.07. The van der Waals surface area contributed by atoms with Gasteiger partial charge in [0, 0.05) is 28.3 Å². The summed E-state index contributed by atoms with van der Waals surface area (Å²) in [6.07, 6.45) is 1.49. The van der Waals surface area contributed by atoms with Gasteiger partial charge in [0.05, 0.1) is 0 Å². The number of hydrogen-bond acceptors (Lipinski definition) is 8. The van der Waals surface area contributed by atoms with Crippen LogP contribution in [0.5, 0.6) is 0 Å². The van der Waals surface area contributed by atoms with Crippen LogP contribution in [0.15, 0.2) is 45.3 Å². The van der Waals surface area contributed by atoms with E-state index in [1.54, 1.807) is 17.8 Å². The van der Waals surface area contributed by atoms with Gasteiger partial charge in [-0.3, -0.25) is 4.79 Å². The first-order chi connectivity index (χ1) is 15.3. The van der Waals surface area contributed by atoms with Crippen molar-refractivity contribution in [3.63, 3.8) is 0 Å². The van der Waals surface area contributed by atoms with E-state index in [0.717, 1.165) is 18.4 Å². The molecule has 1 unspecified atom stereocenters. The minimum atomic E-state index is -0.246. The summed E-state index contributed by atoms with van der Waals surface area (Å²) >= 11 is 1.74. The maximum Gasteiger partial charge on any atom is 0.273 e. The predicted molar refractivity (Wildman–Crippen MR) is 121 cm³/mol. The average Bonchev–Trinajstić information content (AvgIpc) is 3.38. The van der Waals surface area contributed by atoms with E-state index < -0.39 is 0 Å². The monoisotopic (exact) mass is 456 g/mol. The molecule has 9 heteroatoms. The highest BCUT2D eigenvalue weighted by Crippen LogP contribution is 2.36. The van der Waals surface area contributed by atoms with Gasteiger partial charge in [0.1, 0.15) is 12.0 Å². The zero-order chi connectivity index (χ0) is 22.7. The van der Waals surface area contributed by atoms with Crippen molar-refractivity contribution in [1.82, 2.24) is 20.7 Å². The number of ether oxygens (including phenoxy) is 1. The van der Waals surface area contributed by atoms with E-state index in [1.165, 1.54) is 0 Å². The lowest BCUT2D eigenvalue weighted by atomic mass is 9.80. The van der Waals surface area contributed by atoms with Gasteiger partial charge in [-0.05, 0) is 19.8 Å². The van der Waals surface area contributed by atoms with E-state index in [2.05, 4.69) is 41.4 Å². The fourth-order valence-corrected chi connectivity index (χ4v) is 4.66. The highest BCUT2D eigenvalue weighted by molar-refractivity contribution is 8.01. The molecule has 8 nitrogen and oxygen atoms in total. The summed E-state index contributed by atoms with van der Waals surface area (Å²) in [6.45, 7) is 8.76. The quantitative estimate of drug-likeness (QED) is 0.482. The number of carbonyl (C=O) groups is 1. The smallest absolute Gasteiger partial charge is 0.273 e. The second-order valence-electron chi connectivity index (χ2n) is 8.92. The molecule has 170 valence electrons. The first kappa shape index (κ1) is 22.5. The topological polar surface area (TPSA) is 103 Å². The number of amides is 1. The molecule has 1 fully saturated rings. The zero-order valence-corrected chi connectivity index (χ0v) is 19.5. The highest BCUT2D eigenvalue weighted by atomic mass is 32.2. The number of thioether (sulfide) groups is 1. The minimum absolute atomic E-state index is 0.0348. The Morgan fingerprint density at radius 2 is 2.00 bits per heavy atom. The molecule has 0 bridgehead atoms. The van der Waals surface area contributed by atoms with Crippen LogP contribution in [0.2, 0.25) is 0 Å². The lowest BCUT2D eigenvalue weighted by Crippen LogP contribution is -2.43. The molecule has 1 amide bonds. The van der Waals surface area contributed by atoms with E-state index in [-0.39, 0.29) is 33.7 Å². The normalized spacial score (nSPS) is 19.4. The molecule has 0 spiro atoms. The molecule has 1 aliphatic carbocycles. The predicted octanol–water partition coefficient (Wildman–Crippen LogP) is 4.79. The summed E-state index contributed by atoms with van der Waals surface area (Å²) in [5.41, 5.74) is 1.18. The van der Waals surface area contributed by atoms with E-state index in [9.17, 15) is 4.79 Å². The summed E-state index contributed by atoms with van der Waals surface area (Å²) in [7, 11) is 0. The van der Waals surface area contributed by atoms with Crippen molar-refractivity contribution in [2.75, 3.05) is 0 Å². The molecule has 4 rings (SSSR count). The number of carbonyl (C=O) groups excluding carboxylic acids is 1. The average molecular weight is 457 g/mol. The van der Waals surface area contributed by atoms with Crippen LogP contribution < -0.4 is 5.32 Å². The van der Waals surface area contributed by atoms with Gasteiger partial charge in [0.25, 0.3) is 5.91 Å². The van der Waals surface area contributed by atoms with Crippen LogP contribution in [-0.4, -0.2) is 37.5 Å². The second-order valence-corrected chi connectivity index (χ2v) is 11.0. The van der Waals surface area contributed by atoms with Crippen LogP contribution in [0.4, 0.5) is 0 Å². The van der Waals surface area contributed by atoms with Gasteiger partial charge in [-0.25, -0.2) is 0 Å². The Labute approximate surface area is 191 Å². The zero-order valence-electron chi connectivity index (χ0n) is 18.7. The third-order valence-corrected chi connectivity index (χ3v) is 6.24. The van der Waals surface area contributed by atoms with Gasteiger partial charge >= 0.3 is 0 Å². The van der Waals surface area contributed by atoms with Gasteiger partial charge < -0.3 is 19.0 Å². The van der Waals surface area contributed by atoms with Gasteiger partial charge in [-0.15, -0.1) is 22.0 Å². The van der Waals surface area contributed by atoms with Gasteiger partial charge in [-0.2, -0.15) is 0 Å². The van der Waals surface area contributed by atoms with Crippen LogP contribution in [0.3, 0.4) is 0 Å². The van der Waals surface area contributed by atoms with Gasteiger partial charge in [-0.1, -0.05) is 56.3 Å². The second kappa shape index (κ2) is 9.46. The summed E-state index contributed by atoms with van der Waals surface area (Å²) in [6, 6.07) is 11.3. The number of hydrogen-bond donors (Lipinski definition) is 1. The number of nitrogens with one attached hydrogen (secondary N) is 1. The van der Waals surface area contributed by atoms with E-state index in [4.69, 9.17) is 13.7 Å². The Balaban J connectivity index is 1.23. The van der Waals surface area contributed by atoms with Crippen molar-refractivity contribution in [3.05, 3.63) is 53.9 Å².